The minimum atomic E-state index is -4.99. The van der Waals surface area contributed by atoms with Gasteiger partial charge in [0.1, 0.15) is 21.5 Å². The number of hydrogen-bond donors (Lipinski definition) is 1. The van der Waals surface area contributed by atoms with Crippen LogP contribution in [0.1, 0.15) is 25.6 Å². The maximum Gasteiger partial charge on any atom is 0.471 e. The van der Waals surface area contributed by atoms with E-state index in [1.807, 2.05) is 0 Å². The van der Waals surface area contributed by atoms with Crippen LogP contribution in [0.2, 0.25) is 0 Å². The molecule has 0 bridgehead atoms. The number of aliphatic hydroxyl groups is 1. The molecule has 0 amide bonds. The summed E-state index contributed by atoms with van der Waals surface area (Å²) in [6.45, 7) is 2.51. The average molecular weight is 374 g/mol. The molecule has 0 spiro atoms. The van der Waals surface area contributed by atoms with Crippen molar-refractivity contribution in [3.05, 3.63) is 28.5 Å². The molecule has 1 atom stereocenters. The van der Waals surface area contributed by atoms with Crippen molar-refractivity contribution in [2.45, 2.75) is 20.0 Å². The van der Waals surface area contributed by atoms with E-state index in [2.05, 4.69) is 19.4 Å². The lowest BCUT2D eigenvalue weighted by Gasteiger charge is -2.24. The summed E-state index contributed by atoms with van der Waals surface area (Å²) in [6.07, 6.45) is -4.46. The average Bonchev–Trinajstić information content (AvgIpc) is 3.01. The number of esters is 1. The first-order valence-electron chi connectivity index (χ1n) is 6.45. The lowest BCUT2D eigenvalue weighted by Crippen LogP contribution is -2.18. The maximum atomic E-state index is 14.6. The Kier molecular flexibility index (Phi) is 4.61. The molecule has 1 aliphatic rings. The van der Waals surface area contributed by atoms with Crippen molar-refractivity contribution in [3.63, 3.8) is 0 Å². The van der Waals surface area contributed by atoms with Gasteiger partial charge in [0.25, 0.3) is 0 Å². The molecule has 134 valence electrons. The topological polar surface area (TPSA) is 85.5 Å². The van der Waals surface area contributed by atoms with Crippen molar-refractivity contribution in [1.82, 2.24) is 10.1 Å². The molecule has 0 saturated heterocycles. The number of ether oxygens (including phenoxy) is 1. The molecule has 2 rings (SSSR count). The lowest BCUT2D eigenvalue weighted by atomic mass is 10.1. The molecule has 2 heterocycles. The number of aromatic nitrogens is 2. The van der Waals surface area contributed by atoms with Gasteiger partial charge in [-0.25, -0.2) is 0 Å². The van der Waals surface area contributed by atoms with E-state index >= 15 is 0 Å². The second kappa shape index (κ2) is 6.07. The third-order valence-electron chi connectivity index (χ3n) is 3.00. The number of halogens is 5. The summed E-state index contributed by atoms with van der Waals surface area (Å²) >= 11 is 0. The molecule has 0 saturated carbocycles. The van der Waals surface area contributed by atoms with Gasteiger partial charge in [-0.15, -0.1) is 7.77 Å². The first kappa shape index (κ1) is 18.2. The van der Waals surface area contributed by atoms with Crippen LogP contribution in [0.5, 0.6) is 0 Å². The number of carbonyl (C=O) groups is 1. The Morgan fingerprint density at radius 1 is 1.46 bits per heavy atom. The van der Waals surface area contributed by atoms with Gasteiger partial charge in [-0.3, -0.25) is 4.79 Å². The molecule has 12 heteroatoms. The van der Waals surface area contributed by atoms with Gasteiger partial charge in [-0.2, -0.15) is 18.2 Å². The van der Waals surface area contributed by atoms with Crippen molar-refractivity contribution < 1.29 is 40.1 Å². The van der Waals surface area contributed by atoms with Gasteiger partial charge in [0.05, 0.1) is 17.4 Å². The Balaban J connectivity index is 2.36. The zero-order valence-electron chi connectivity index (χ0n) is 12.2. The van der Waals surface area contributed by atoms with E-state index in [9.17, 15) is 30.8 Å². The van der Waals surface area contributed by atoms with E-state index in [-0.39, 0.29) is 6.61 Å². The molecule has 0 fully saturated rings. The van der Waals surface area contributed by atoms with Crippen LogP contribution in [0, 0.1) is 5.92 Å². The first-order chi connectivity index (χ1) is 11.0. The molecular formula is C12H11F5N2O4S. The van der Waals surface area contributed by atoms with Crippen LogP contribution in [0.25, 0.3) is 4.91 Å². The predicted molar refractivity (Wildman–Crippen MR) is 72.5 cm³/mol. The number of hydrogen-bond acceptors (Lipinski definition) is 6. The fraction of sp³-hybridized carbons (Fsp3) is 0.417. The van der Waals surface area contributed by atoms with Crippen LogP contribution >= 0.6 is 10.8 Å². The molecule has 1 aliphatic heterocycles. The van der Waals surface area contributed by atoms with Crippen molar-refractivity contribution in [2.75, 3.05) is 6.61 Å². The quantitative estimate of drug-likeness (QED) is 0.634. The zero-order chi connectivity index (χ0) is 18.3. The van der Waals surface area contributed by atoms with Crippen LogP contribution in [0.4, 0.5) is 20.9 Å². The van der Waals surface area contributed by atoms with E-state index in [0.29, 0.717) is 6.08 Å². The van der Waals surface area contributed by atoms with E-state index in [1.54, 1.807) is 0 Å². The largest absolute Gasteiger partial charge is 0.507 e. The van der Waals surface area contributed by atoms with Gasteiger partial charge < -0.3 is 14.4 Å². The van der Waals surface area contributed by atoms with Crippen molar-refractivity contribution in [2.24, 2.45) is 5.92 Å². The lowest BCUT2D eigenvalue weighted by molar-refractivity contribution is -0.159. The summed E-state index contributed by atoms with van der Waals surface area (Å²) in [5.74, 6) is -6.20. The molecule has 0 aliphatic carbocycles. The summed E-state index contributed by atoms with van der Waals surface area (Å²) in [5, 5.41) is 12.6. The highest BCUT2D eigenvalue weighted by atomic mass is 32.3. The highest BCUT2D eigenvalue weighted by molar-refractivity contribution is 8.36. The molecule has 1 N–H and O–H groups in total. The van der Waals surface area contributed by atoms with Crippen molar-refractivity contribution in [1.29, 1.82) is 0 Å². The monoisotopic (exact) mass is 374 g/mol. The van der Waals surface area contributed by atoms with Gasteiger partial charge in [-0.1, -0.05) is 5.16 Å². The maximum absolute atomic E-state index is 14.6. The number of nitrogens with zero attached hydrogens (tertiary/aromatic N) is 2. The zero-order valence-corrected chi connectivity index (χ0v) is 13.0. The third-order valence-corrected chi connectivity index (χ3v) is 4.96. The molecule has 1 aromatic rings. The molecule has 6 nitrogen and oxygen atoms in total. The molecular weight excluding hydrogens is 363 g/mol. The normalized spacial score (nSPS) is 19.9. The number of aliphatic hydroxyl groups excluding tert-OH is 1. The summed E-state index contributed by atoms with van der Waals surface area (Å²) in [5.41, 5.74) is 0. The molecule has 24 heavy (non-hydrogen) atoms. The minimum absolute atomic E-state index is 0.0574. The summed E-state index contributed by atoms with van der Waals surface area (Å²) in [7, 11) is -4.99. The van der Waals surface area contributed by atoms with E-state index in [1.165, 1.54) is 6.92 Å². The number of rotatable bonds is 4. The SMILES string of the molecule is CCOC(=O)C(C)C1=C(O)C=C(c2noc(C(F)(F)F)n2)S1(F)F. The van der Waals surface area contributed by atoms with E-state index in [0.717, 1.165) is 6.92 Å². The van der Waals surface area contributed by atoms with Gasteiger partial charge in [-0.05, 0) is 13.8 Å². The van der Waals surface area contributed by atoms with Gasteiger partial charge in [0.15, 0.2) is 0 Å². The van der Waals surface area contributed by atoms with Gasteiger partial charge in [0.2, 0.25) is 5.82 Å². The molecule has 0 radical (unpaired) electrons. The second-order valence-electron chi connectivity index (χ2n) is 4.62. The third kappa shape index (κ3) is 3.09. The van der Waals surface area contributed by atoms with Crippen LogP contribution in [0.3, 0.4) is 0 Å². The van der Waals surface area contributed by atoms with Gasteiger partial charge >= 0.3 is 18.0 Å². The first-order valence-corrected chi connectivity index (χ1v) is 7.88. The van der Waals surface area contributed by atoms with E-state index in [4.69, 9.17) is 0 Å². The fourth-order valence-corrected chi connectivity index (χ4v) is 3.63. The van der Waals surface area contributed by atoms with Crippen LogP contribution in [0.15, 0.2) is 21.3 Å². The minimum Gasteiger partial charge on any atom is -0.507 e. The number of carbonyl (C=O) groups excluding carboxylic acids is 1. The highest BCUT2D eigenvalue weighted by Crippen LogP contribution is 2.73. The molecule has 1 unspecified atom stereocenters. The summed E-state index contributed by atoms with van der Waals surface area (Å²) in [6, 6.07) is 0. The Labute approximate surface area is 133 Å². The highest BCUT2D eigenvalue weighted by Gasteiger charge is 2.49. The Hall–Kier alpha value is -2.11. The number of allylic oxidation sites excluding steroid dienone is 1. The second-order valence-corrected chi connectivity index (χ2v) is 6.44. The van der Waals surface area contributed by atoms with Crippen molar-refractivity contribution >= 4 is 21.7 Å². The smallest absolute Gasteiger partial charge is 0.471 e. The molecule has 1 aromatic heterocycles. The molecule has 0 aromatic carbocycles. The van der Waals surface area contributed by atoms with E-state index < -0.39 is 56.1 Å². The van der Waals surface area contributed by atoms with Crippen LogP contribution in [-0.2, 0) is 15.7 Å². The fourth-order valence-electron chi connectivity index (χ4n) is 1.96. The van der Waals surface area contributed by atoms with Gasteiger partial charge in [0, 0.05) is 6.08 Å². The standard InChI is InChI=1S/C12H11F5N2O4S/c1-3-22-10(21)5(2)8-6(20)4-7(24(8,16)17)9-18-11(23-19-9)12(13,14)15/h4-5,20H,3H2,1-2H3. The summed E-state index contributed by atoms with van der Waals surface area (Å²) in [4.78, 5) is 12.6. The Morgan fingerprint density at radius 2 is 2.08 bits per heavy atom. The Bertz CT molecular complexity index is 725. The number of alkyl halides is 3. The van der Waals surface area contributed by atoms with Crippen LogP contribution in [-0.4, -0.2) is 27.8 Å². The Morgan fingerprint density at radius 3 is 2.58 bits per heavy atom. The predicted octanol–water partition coefficient (Wildman–Crippen LogP) is 3.99. The summed E-state index contributed by atoms with van der Waals surface area (Å²) < 4.78 is 74.9. The van der Waals surface area contributed by atoms with Crippen LogP contribution < -0.4 is 0 Å². The van der Waals surface area contributed by atoms with Crippen molar-refractivity contribution in [3.8, 4) is 0 Å².